The monoisotopic (exact) mass is 539 g/mol. The minimum atomic E-state index is -0.245. The summed E-state index contributed by atoms with van der Waals surface area (Å²) in [5.41, 5.74) is 3.29. The maximum absolute atomic E-state index is 12.8. The quantitative estimate of drug-likeness (QED) is 0.304. The van der Waals surface area contributed by atoms with Crippen LogP contribution < -0.4 is 10.1 Å². The molecule has 10 heteroatoms. The van der Waals surface area contributed by atoms with E-state index in [0.29, 0.717) is 15.8 Å². The molecule has 0 unspecified atom stereocenters. The number of amides is 1. The fourth-order valence-corrected chi connectivity index (χ4v) is 6.64. The molecule has 1 amide bonds. The van der Waals surface area contributed by atoms with Gasteiger partial charge in [-0.1, -0.05) is 35.3 Å². The number of nitrogens with zero attached hydrogens (tertiary/aromatic N) is 2. The molecule has 3 heterocycles. The van der Waals surface area contributed by atoms with Crippen molar-refractivity contribution in [3.05, 3.63) is 63.0 Å². The maximum Gasteiger partial charge on any atom is 0.262 e. The van der Waals surface area contributed by atoms with Crippen LogP contribution in [0.25, 0.3) is 20.8 Å². The summed E-state index contributed by atoms with van der Waals surface area (Å²) in [7, 11) is 2.11. The third-order valence-electron chi connectivity index (χ3n) is 5.26. The van der Waals surface area contributed by atoms with Crippen LogP contribution in [-0.2, 0) is 17.8 Å². The SMILES string of the molecule is CN1CCc2c(sc(NC(=O)COc3ccc(Cl)cc3Cl)c2-c2nc3ccccc3s2)C1.Cl. The van der Waals surface area contributed by atoms with E-state index in [4.69, 9.17) is 32.9 Å². The van der Waals surface area contributed by atoms with Crippen molar-refractivity contribution in [3.8, 4) is 16.3 Å². The molecule has 0 bridgehead atoms. The second-order valence-electron chi connectivity index (χ2n) is 7.59. The van der Waals surface area contributed by atoms with Crippen molar-refractivity contribution in [1.29, 1.82) is 0 Å². The zero-order chi connectivity index (χ0) is 22.2. The van der Waals surface area contributed by atoms with Gasteiger partial charge in [0.15, 0.2) is 6.61 Å². The lowest BCUT2D eigenvalue weighted by Gasteiger charge is -2.22. The van der Waals surface area contributed by atoms with Crippen LogP contribution >= 0.6 is 58.3 Å². The minimum absolute atomic E-state index is 0. The number of benzene rings is 2. The number of nitrogens with one attached hydrogen (secondary N) is 1. The van der Waals surface area contributed by atoms with E-state index in [2.05, 4.69) is 23.3 Å². The first-order valence-corrected chi connectivity index (χ1v) is 12.4. The van der Waals surface area contributed by atoms with Crippen LogP contribution in [0.5, 0.6) is 5.75 Å². The second kappa shape index (κ2) is 10.2. The zero-order valence-electron chi connectivity index (χ0n) is 17.6. The zero-order valence-corrected chi connectivity index (χ0v) is 21.5. The number of thiazole rings is 1. The van der Waals surface area contributed by atoms with Gasteiger partial charge < -0.3 is 15.0 Å². The number of aromatic nitrogens is 1. The van der Waals surface area contributed by atoms with Crippen molar-refractivity contribution in [2.75, 3.05) is 25.5 Å². The van der Waals surface area contributed by atoms with Crippen LogP contribution in [0.4, 0.5) is 5.00 Å². The predicted octanol–water partition coefficient (Wildman–Crippen LogP) is 6.76. The van der Waals surface area contributed by atoms with E-state index in [0.717, 1.165) is 45.3 Å². The Morgan fingerprint density at radius 3 is 2.82 bits per heavy atom. The molecule has 4 aromatic rings. The molecule has 0 atom stereocenters. The Hall–Kier alpha value is -1.87. The second-order valence-corrected chi connectivity index (χ2v) is 10.6. The summed E-state index contributed by atoms with van der Waals surface area (Å²) in [6.45, 7) is 1.70. The molecule has 0 fully saturated rings. The molecule has 0 saturated heterocycles. The van der Waals surface area contributed by atoms with E-state index < -0.39 is 0 Å². The molecule has 0 aliphatic carbocycles. The Labute approximate surface area is 215 Å². The summed E-state index contributed by atoms with van der Waals surface area (Å²) in [5.74, 6) is 0.176. The molecule has 2 aromatic heterocycles. The van der Waals surface area contributed by atoms with Crippen LogP contribution in [0.2, 0.25) is 10.0 Å². The number of carbonyl (C=O) groups excluding carboxylic acids is 1. The average molecular weight is 541 g/mol. The lowest BCUT2D eigenvalue weighted by Crippen LogP contribution is -2.25. The number of fused-ring (bicyclic) bond motifs is 2. The molecule has 0 radical (unpaired) electrons. The number of para-hydroxylation sites is 1. The summed E-state index contributed by atoms with van der Waals surface area (Å²) in [4.78, 5) is 21.2. The van der Waals surface area contributed by atoms with Gasteiger partial charge >= 0.3 is 0 Å². The highest BCUT2D eigenvalue weighted by atomic mass is 35.5. The largest absolute Gasteiger partial charge is 0.482 e. The molecule has 33 heavy (non-hydrogen) atoms. The lowest BCUT2D eigenvalue weighted by molar-refractivity contribution is -0.118. The van der Waals surface area contributed by atoms with Gasteiger partial charge in [-0.05, 0) is 49.4 Å². The Morgan fingerprint density at radius 2 is 2.03 bits per heavy atom. The van der Waals surface area contributed by atoms with Crippen molar-refractivity contribution >= 4 is 79.4 Å². The van der Waals surface area contributed by atoms with Gasteiger partial charge in [0, 0.05) is 28.6 Å². The number of anilines is 1. The fraction of sp³-hybridized carbons (Fsp3) is 0.217. The van der Waals surface area contributed by atoms with Crippen molar-refractivity contribution in [2.24, 2.45) is 0 Å². The smallest absolute Gasteiger partial charge is 0.262 e. The molecule has 1 aliphatic rings. The number of rotatable bonds is 5. The third kappa shape index (κ3) is 5.14. The van der Waals surface area contributed by atoms with Crippen LogP contribution in [0.15, 0.2) is 42.5 Å². The average Bonchev–Trinajstić information content (AvgIpc) is 3.33. The number of hydrogen-bond donors (Lipinski definition) is 1. The third-order valence-corrected chi connectivity index (χ3v) is 7.98. The Kier molecular flexibility index (Phi) is 7.48. The molecule has 0 spiro atoms. The van der Waals surface area contributed by atoms with Crippen LogP contribution in [0.3, 0.4) is 0 Å². The van der Waals surface area contributed by atoms with E-state index in [1.807, 2.05) is 18.2 Å². The molecule has 2 aromatic carbocycles. The van der Waals surface area contributed by atoms with Crippen molar-refractivity contribution in [3.63, 3.8) is 0 Å². The van der Waals surface area contributed by atoms with Gasteiger partial charge in [-0.15, -0.1) is 35.1 Å². The number of ether oxygens (including phenoxy) is 1. The first-order chi connectivity index (χ1) is 15.5. The van der Waals surface area contributed by atoms with Crippen LogP contribution in [0, 0.1) is 0 Å². The fourth-order valence-electron chi connectivity index (χ4n) is 3.72. The van der Waals surface area contributed by atoms with Gasteiger partial charge in [-0.25, -0.2) is 4.98 Å². The molecule has 1 aliphatic heterocycles. The Morgan fingerprint density at radius 1 is 1.21 bits per heavy atom. The van der Waals surface area contributed by atoms with E-state index in [1.54, 1.807) is 40.9 Å². The summed E-state index contributed by atoms with van der Waals surface area (Å²) in [6, 6.07) is 13.0. The highest BCUT2D eigenvalue weighted by Gasteiger charge is 2.26. The summed E-state index contributed by atoms with van der Waals surface area (Å²) in [6.07, 6.45) is 0.931. The highest BCUT2D eigenvalue weighted by molar-refractivity contribution is 7.22. The Bertz CT molecular complexity index is 1290. The van der Waals surface area contributed by atoms with E-state index >= 15 is 0 Å². The van der Waals surface area contributed by atoms with E-state index in [1.165, 1.54) is 10.4 Å². The van der Waals surface area contributed by atoms with Crippen molar-refractivity contribution < 1.29 is 9.53 Å². The van der Waals surface area contributed by atoms with Gasteiger partial charge in [-0.3, -0.25) is 4.79 Å². The normalized spacial score (nSPS) is 13.4. The Balaban J connectivity index is 0.00000259. The number of carbonyl (C=O) groups is 1. The summed E-state index contributed by atoms with van der Waals surface area (Å²) >= 11 is 15.3. The highest BCUT2D eigenvalue weighted by Crippen LogP contribution is 2.45. The first-order valence-electron chi connectivity index (χ1n) is 10.0. The number of thiophene rings is 1. The number of hydrogen-bond acceptors (Lipinski definition) is 6. The van der Waals surface area contributed by atoms with Gasteiger partial charge in [-0.2, -0.15) is 0 Å². The van der Waals surface area contributed by atoms with Crippen molar-refractivity contribution in [1.82, 2.24) is 9.88 Å². The standard InChI is InChI=1S/C23H19Cl2N3O2S2.ClH/c1-28-9-8-14-19(11-28)32-23(21(14)22-26-16-4-2-3-5-18(16)31-22)27-20(29)12-30-17-7-6-13(24)10-15(17)25;/h2-7,10H,8-9,11-12H2,1H3,(H,27,29);1H. The molecule has 5 nitrogen and oxygen atoms in total. The maximum atomic E-state index is 12.8. The molecule has 172 valence electrons. The van der Waals surface area contributed by atoms with Gasteiger partial charge in [0.05, 0.1) is 15.2 Å². The van der Waals surface area contributed by atoms with E-state index in [9.17, 15) is 4.79 Å². The summed E-state index contributed by atoms with van der Waals surface area (Å²) < 4.78 is 6.75. The molecule has 5 rings (SSSR count). The summed E-state index contributed by atoms with van der Waals surface area (Å²) in [5, 5.41) is 5.70. The number of halogens is 3. The van der Waals surface area contributed by atoms with Crippen LogP contribution in [-0.4, -0.2) is 36.0 Å². The van der Waals surface area contributed by atoms with Gasteiger partial charge in [0.1, 0.15) is 15.8 Å². The molecule has 1 N–H and O–H groups in total. The van der Waals surface area contributed by atoms with Crippen molar-refractivity contribution in [2.45, 2.75) is 13.0 Å². The topological polar surface area (TPSA) is 54.5 Å². The molecular weight excluding hydrogens is 521 g/mol. The van der Waals surface area contributed by atoms with Crippen LogP contribution in [0.1, 0.15) is 10.4 Å². The molecular formula is C23H20Cl3N3O2S2. The predicted molar refractivity (Wildman–Crippen MR) is 141 cm³/mol. The molecule has 0 saturated carbocycles. The minimum Gasteiger partial charge on any atom is -0.482 e. The van der Waals surface area contributed by atoms with Gasteiger partial charge in [0.2, 0.25) is 0 Å². The lowest BCUT2D eigenvalue weighted by atomic mass is 10.0. The van der Waals surface area contributed by atoms with Gasteiger partial charge in [0.25, 0.3) is 5.91 Å². The van der Waals surface area contributed by atoms with E-state index in [-0.39, 0.29) is 24.9 Å². The number of likely N-dealkylation sites (N-methyl/N-ethyl adjacent to an activating group) is 1. The first kappa shape index (κ1) is 24.3.